The molecule has 1 aromatic rings. The Morgan fingerprint density at radius 3 is 2.56 bits per heavy atom. The van der Waals surface area contributed by atoms with Gasteiger partial charge in [0.15, 0.2) is 0 Å². The molecule has 0 amide bonds. The van der Waals surface area contributed by atoms with Crippen LogP contribution in [0.5, 0.6) is 0 Å². The summed E-state index contributed by atoms with van der Waals surface area (Å²) in [5, 5.41) is 1.88. The fourth-order valence-electron chi connectivity index (χ4n) is 2.09. The van der Waals surface area contributed by atoms with E-state index in [1.807, 2.05) is 5.38 Å². The Balaban J connectivity index is 2.04. The summed E-state index contributed by atoms with van der Waals surface area (Å²) in [7, 11) is -1.71. The number of aromatic nitrogens is 1. The van der Waals surface area contributed by atoms with Gasteiger partial charge < -0.3 is 0 Å². The molecule has 0 saturated carbocycles. The van der Waals surface area contributed by atoms with Crippen LogP contribution in [0.1, 0.15) is 31.4 Å². The van der Waals surface area contributed by atoms with Gasteiger partial charge in [0.05, 0.1) is 17.7 Å². The highest BCUT2D eigenvalue weighted by molar-refractivity contribution is 7.86. The van der Waals surface area contributed by atoms with Crippen LogP contribution >= 0.6 is 11.3 Å². The molecule has 18 heavy (non-hydrogen) atoms. The van der Waals surface area contributed by atoms with E-state index >= 15 is 0 Å². The molecule has 2 rings (SSSR count). The van der Waals surface area contributed by atoms with E-state index in [1.54, 1.807) is 16.9 Å². The lowest BCUT2D eigenvalue weighted by Gasteiger charge is -2.25. The van der Waals surface area contributed by atoms with E-state index < -0.39 is 10.2 Å². The second-order valence-corrected chi connectivity index (χ2v) is 7.31. The summed E-state index contributed by atoms with van der Waals surface area (Å²) in [5.41, 5.74) is 2.53. The zero-order chi connectivity index (χ0) is 13.0. The van der Waals surface area contributed by atoms with E-state index in [0.717, 1.165) is 31.4 Å². The van der Waals surface area contributed by atoms with E-state index in [-0.39, 0.29) is 0 Å². The van der Waals surface area contributed by atoms with Gasteiger partial charge in [0, 0.05) is 25.5 Å². The van der Waals surface area contributed by atoms with Crippen molar-refractivity contribution in [3.63, 3.8) is 0 Å². The highest BCUT2D eigenvalue weighted by Crippen LogP contribution is 2.17. The maximum absolute atomic E-state index is 12.4. The smallest absolute Gasteiger partial charge is 0.248 e. The summed E-state index contributed by atoms with van der Waals surface area (Å²) in [4.78, 5) is 4.13. The molecule has 0 N–H and O–H groups in total. The standard InChI is InChI=1S/C11H19N3O2S2/c1-13(8-11-9-17-10-12-11)18(15,16)14-6-4-2-3-5-7-14/h9-10H,2-8H2,1H3. The number of thiazole rings is 1. The molecule has 1 aromatic heterocycles. The summed E-state index contributed by atoms with van der Waals surface area (Å²) in [6, 6.07) is 0. The molecule has 5 nitrogen and oxygen atoms in total. The average Bonchev–Trinajstić information content (AvgIpc) is 2.68. The molecular formula is C11H19N3O2S2. The zero-order valence-electron chi connectivity index (χ0n) is 10.6. The van der Waals surface area contributed by atoms with Crippen LogP contribution < -0.4 is 0 Å². The van der Waals surface area contributed by atoms with Gasteiger partial charge >= 0.3 is 0 Å². The van der Waals surface area contributed by atoms with Crippen molar-refractivity contribution >= 4 is 21.5 Å². The Morgan fingerprint density at radius 2 is 2.00 bits per heavy atom. The summed E-state index contributed by atoms with van der Waals surface area (Å²) in [6.45, 7) is 1.63. The van der Waals surface area contributed by atoms with E-state index in [2.05, 4.69) is 4.98 Å². The highest BCUT2D eigenvalue weighted by atomic mass is 32.2. The van der Waals surface area contributed by atoms with Crippen LogP contribution in [-0.2, 0) is 16.8 Å². The maximum Gasteiger partial charge on any atom is 0.282 e. The second-order valence-electron chi connectivity index (χ2n) is 4.56. The maximum atomic E-state index is 12.4. The first-order valence-electron chi connectivity index (χ1n) is 6.19. The van der Waals surface area contributed by atoms with Crippen LogP contribution in [0.15, 0.2) is 10.9 Å². The van der Waals surface area contributed by atoms with Crippen molar-refractivity contribution in [2.75, 3.05) is 20.1 Å². The number of hydrogen-bond donors (Lipinski definition) is 0. The minimum Gasteiger partial charge on any atom is -0.248 e. The first-order chi connectivity index (χ1) is 8.60. The largest absolute Gasteiger partial charge is 0.282 e. The van der Waals surface area contributed by atoms with Gasteiger partial charge in [0.1, 0.15) is 0 Å². The molecule has 0 aromatic carbocycles. The Morgan fingerprint density at radius 1 is 1.33 bits per heavy atom. The van der Waals surface area contributed by atoms with Gasteiger partial charge in [-0.25, -0.2) is 4.98 Å². The van der Waals surface area contributed by atoms with E-state index in [1.165, 1.54) is 15.6 Å². The minimum absolute atomic E-state index is 0.350. The summed E-state index contributed by atoms with van der Waals surface area (Å²) < 4.78 is 27.8. The van der Waals surface area contributed by atoms with Crippen LogP contribution in [0, 0.1) is 0 Å². The van der Waals surface area contributed by atoms with Crippen molar-refractivity contribution in [1.29, 1.82) is 0 Å². The number of hydrogen-bond acceptors (Lipinski definition) is 4. The molecule has 1 aliphatic rings. The van der Waals surface area contributed by atoms with Crippen molar-refractivity contribution in [2.24, 2.45) is 0 Å². The third-order valence-corrected chi connectivity index (χ3v) is 5.72. The summed E-state index contributed by atoms with van der Waals surface area (Å²) in [5.74, 6) is 0. The van der Waals surface area contributed by atoms with Gasteiger partial charge in [-0.3, -0.25) is 0 Å². The predicted molar refractivity (Wildman–Crippen MR) is 72.5 cm³/mol. The van der Waals surface area contributed by atoms with E-state index in [0.29, 0.717) is 19.6 Å². The molecule has 0 atom stereocenters. The predicted octanol–water partition coefficient (Wildman–Crippen LogP) is 1.70. The van der Waals surface area contributed by atoms with Crippen molar-refractivity contribution < 1.29 is 8.42 Å². The topological polar surface area (TPSA) is 53.5 Å². The Bertz CT molecular complexity index is 451. The summed E-state index contributed by atoms with van der Waals surface area (Å²) >= 11 is 1.48. The van der Waals surface area contributed by atoms with E-state index in [9.17, 15) is 8.42 Å². The van der Waals surface area contributed by atoms with Crippen molar-refractivity contribution in [1.82, 2.24) is 13.6 Å². The number of rotatable bonds is 4. The van der Waals surface area contributed by atoms with Crippen LogP contribution in [0.4, 0.5) is 0 Å². The summed E-state index contributed by atoms with van der Waals surface area (Å²) in [6.07, 6.45) is 4.18. The molecular weight excluding hydrogens is 270 g/mol. The molecule has 1 saturated heterocycles. The van der Waals surface area contributed by atoms with Gasteiger partial charge in [-0.15, -0.1) is 11.3 Å². The lowest BCUT2D eigenvalue weighted by atomic mass is 10.2. The van der Waals surface area contributed by atoms with E-state index in [4.69, 9.17) is 0 Å². The molecule has 7 heteroatoms. The SMILES string of the molecule is CN(Cc1cscn1)S(=O)(=O)N1CCCCCC1. The molecule has 0 aliphatic carbocycles. The normalized spacial score (nSPS) is 19.0. The highest BCUT2D eigenvalue weighted by Gasteiger charge is 2.27. The molecule has 102 valence electrons. The van der Waals surface area contributed by atoms with Gasteiger partial charge in [0.2, 0.25) is 0 Å². The lowest BCUT2D eigenvalue weighted by Crippen LogP contribution is -2.42. The molecule has 0 bridgehead atoms. The lowest BCUT2D eigenvalue weighted by molar-refractivity contribution is 0.362. The zero-order valence-corrected chi connectivity index (χ0v) is 12.2. The quantitative estimate of drug-likeness (QED) is 0.847. The second kappa shape index (κ2) is 6.10. The van der Waals surface area contributed by atoms with Gasteiger partial charge in [-0.1, -0.05) is 12.8 Å². The van der Waals surface area contributed by atoms with Crippen molar-refractivity contribution in [3.05, 3.63) is 16.6 Å². The molecule has 0 unspecified atom stereocenters. The third-order valence-electron chi connectivity index (χ3n) is 3.15. The monoisotopic (exact) mass is 289 g/mol. The first-order valence-corrected chi connectivity index (χ1v) is 8.53. The van der Waals surface area contributed by atoms with Gasteiger partial charge in [0.25, 0.3) is 10.2 Å². The van der Waals surface area contributed by atoms with Crippen LogP contribution in [0.3, 0.4) is 0 Å². The Labute approximate surface area is 113 Å². The average molecular weight is 289 g/mol. The van der Waals surface area contributed by atoms with Gasteiger partial charge in [-0.05, 0) is 12.8 Å². The van der Waals surface area contributed by atoms with Crippen LogP contribution in [0.2, 0.25) is 0 Å². The number of nitrogens with zero attached hydrogens (tertiary/aromatic N) is 3. The van der Waals surface area contributed by atoms with Crippen LogP contribution in [-0.4, -0.2) is 42.1 Å². The fraction of sp³-hybridized carbons (Fsp3) is 0.727. The Hall–Kier alpha value is -0.500. The molecule has 2 heterocycles. The Kier molecular flexibility index (Phi) is 4.71. The molecule has 0 radical (unpaired) electrons. The fourth-order valence-corrected chi connectivity index (χ4v) is 4.05. The first kappa shape index (κ1) is 13.9. The molecule has 1 aliphatic heterocycles. The molecule has 0 spiro atoms. The van der Waals surface area contributed by atoms with Crippen molar-refractivity contribution in [3.8, 4) is 0 Å². The minimum atomic E-state index is -3.33. The van der Waals surface area contributed by atoms with Crippen LogP contribution in [0.25, 0.3) is 0 Å². The van der Waals surface area contributed by atoms with Gasteiger partial charge in [-0.2, -0.15) is 17.0 Å². The molecule has 1 fully saturated rings. The third kappa shape index (κ3) is 3.28. The van der Waals surface area contributed by atoms with Crippen molar-refractivity contribution in [2.45, 2.75) is 32.2 Å².